The van der Waals surface area contributed by atoms with Crippen LogP contribution in [0, 0.1) is 6.92 Å². The summed E-state index contributed by atoms with van der Waals surface area (Å²) in [5.74, 6) is 0.571. The van der Waals surface area contributed by atoms with Gasteiger partial charge in [-0.2, -0.15) is 13.2 Å². The number of halogens is 4. The van der Waals surface area contributed by atoms with Gasteiger partial charge in [-0.1, -0.05) is 54.1 Å². The van der Waals surface area contributed by atoms with Crippen molar-refractivity contribution in [3.05, 3.63) is 70.8 Å². The molecule has 9 heteroatoms. The summed E-state index contributed by atoms with van der Waals surface area (Å²) in [6, 6.07) is 14.8. The van der Waals surface area contributed by atoms with Crippen molar-refractivity contribution in [3.63, 3.8) is 0 Å². The molecule has 172 valence electrons. The van der Waals surface area contributed by atoms with Gasteiger partial charge in [0.2, 0.25) is 0 Å². The third-order valence-corrected chi connectivity index (χ3v) is 4.25. The number of hydrogen-bond acceptors (Lipinski definition) is 3. The topological polar surface area (TPSA) is 65.9 Å². The summed E-state index contributed by atoms with van der Waals surface area (Å²) in [4.78, 5) is 4.49. The lowest BCUT2D eigenvalue weighted by Crippen LogP contribution is -2.39. The number of aliphatic hydroxyl groups excluding tert-OH is 1. The van der Waals surface area contributed by atoms with Crippen LogP contribution in [-0.2, 0) is 17.9 Å². The number of hydrogen-bond donors (Lipinski definition) is 3. The minimum atomic E-state index is -4.32. The Morgan fingerprint density at radius 1 is 1.03 bits per heavy atom. The summed E-state index contributed by atoms with van der Waals surface area (Å²) in [5.41, 5.74) is 3.53. The lowest BCUT2D eigenvalue weighted by atomic mass is 10.1. The van der Waals surface area contributed by atoms with E-state index in [1.165, 1.54) is 0 Å². The fourth-order valence-electron chi connectivity index (χ4n) is 2.64. The second kappa shape index (κ2) is 13.5. The Balaban J connectivity index is 0.00000480. The largest absolute Gasteiger partial charge is 0.411 e. The standard InChI is InChI=1S/C22H28F3N3O2.HI/c1-3-26-21(28-13-20(29)19-10-4-16(2)5-11-19)27-12-17-6-8-18(9-7-17)14-30-15-22(23,24)25;/h4-11,20,29H,3,12-15H2,1-2H3,(H2,26,27,28);1H. The van der Waals surface area contributed by atoms with Crippen LogP contribution in [0.2, 0.25) is 0 Å². The molecule has 2 aromatic carbocycles. The molecule has 0 saturated carbocycles. The molecule has 0 aliphatic carbocycles. The molecule has 0 fully saturated rings. The second-order valence-corrected chi connectivity index (χ2v) is 6.93. The van der Waals surface area contributed by atoms with Gasteiger partial charge in [-0.15, -0.1) is 24.0 Å². The van der Waals surface area contributed by atoms with Crippen LogP contribution < -0.4 is 10.6 Å². The fourth-order valence-corrected chi connectivity index (χ4v) is 2.64. The highest BCUT2D eigenvalue weighted by molar-refractivity contribution is 14.0. The van der Waals surface area contributed by atoms with Crippen molar-refractivity contribution in [1.82, 2.24) is 10.6 Å². The Morgan fingerprint density at radius 2 is 1.65 bits per heavy atom. The lowest BCUT2D eigenvalue weighted by Gasteiger charge is -2.16. The van der Waals surface area contributed by atoms with E-state index in [9.17, 15) is 18.3 Å². The summed E-state index contributed by atoms with van der Waals surface area (Å²) in [5, 5.41) is 16.6. The van der Waals surface area contributed by atoms with Crippen molar-refractivity contribution in [2.45, 2.75) is 39.3 Å². The van der Waals surface area contributed by atoms with E-state index in [1.54, 1.807) is 24.3 Å². The number of benzene rings is 2. The van der Waals surface area contributed by atoms with Crippen LogP contribution >= 0.6 is 24.0 Å². The normalized spacial score (nSPS) is 12.8. The second-order valence-electron chi connectivity index (χ2n) is 6.93. The van der Waals surface area contributed by atoms with Gasteiger partial charge in [0.05, 0.1) is 19.3 Å². The molecule has 1 atom stereocenters. The predicted molar refractivity (Wildman–Crippen MR) is 127 cm³/mol. The number of rotatable bonds is 9. The molecule has 0 aromatic heterocycles. The van der Waals surface area contributed by atoms with Crippen molar-refractivity contribution in [3.8, 4) is 0 Å². The van der Waals surface area contributed by atoms with Crippen LogP contribution in [0.25, 0.3) is 0 Å². The van der Waals surface area contributed by atoms with Gasteiger partial charge in [0, 0.05) is 13.1 Å². The van der Waals surface area contributed by atoms with Crippen molar-refractivity contribution in [1.29, 1.82) is 0 Å². The molecule has 2 aromatic rings. The molecular formula is C22H29F3IN3O2. The van der Waals surface area contributed by atoms with Gasteiger partial charge in [0.25, 0.3) is 0 Å². The average molecular weight is 551 g/mol. The molecule has 0 radical (unpaired) electrons. The van der Waals surface area contributed by atoms with Crippen molar-refractivity contribution >= 4 is 29.9 Å². The van der Waals surface area contributed by atoms with Crippen LogP contribution in [0.15, 0.2) is 53.5 Å². The Kier molecular flexibility index (Phi) is 11.9. The van der Waals surface area contributed by atoms with Gasteiger partial charge >= 0.3 is 6.18 Å². The van der Waals surface area contributed by atoms with E-state index in [4.69, 9.17) is 0 Å². The molecule has 0 aliphatic heterocycles. The average Bonchev–Trinajstić information content (AvgIpc) is 2.70. The van der Waals surface area contributed by atoms with E-state index in [0.717, 1.165) is 16.7 Å². The summed E-state index contributed by atoms with van der Waals surface area (Å²) >= 11 is 0. The smallest absolute Gasteiger partial charge is 0.387 e. The fraction of sp³-hybridized carbons (Fsp3) is 0.409. The maximum Gasteiger partial charge on any atom is 0.411 e. The van der Waals surface area contributed by atoms with E-state index in [0.29, 0.717) is 31.2 Å². The van der Waals surface area contributed by atoms with Crippen LogP contribution in [-0.4, -0.2) is 36.9 Å². The quantitative estimate of drug-likeness (QED) is 0.245. The van der Waals surface area contributed by atoms with E-state index < -0.39 is 18.9 Å². The molecule has 31 heavy (non-hydrogen) atoms. The van der Waals surface area contributed by atoms with Gasteiger partial charge in [-0.05, 0) is 30.5 Å². The van der Waals surface area contributed by atoms with Crippen LogP contribution in [0.4, 0.5) is 13.2 Å². The van der Waals surface area contributed by atoms with Crippen molar-refractivity contribution in [2.75, 3.05) is 19.7 Å². The zero-order chi connectivity index (χ0) is 22.0. The summed E-state index contributed by atoms with van der Waals surface area (Å²) < 4.78 is 41.0. The number of aryl methyl sites for hydroxylation is 1. The molecule has 2 rings (SSSR count). The Labute approximate surface area is 198 Å². The van der Waals surface area contributed by atoms with Crippen LogP contribution in [0.3, 0.4) is 0 Å². The van der Waals surface area contributed by atoms with Gasteiger partial charge in [-0.25, -0.2) is 4.99 Å². The molecule has 0 amide bonds. The third-order valence-electron chi connectivity index (χ3n) is 4.25. The third kappa shape index (κ3) is 10.8. The number of ether oxygens (including phenoxy) is 1. The van der Waals surface area contributed by atoms with Gasteiger partial charge in [0.15, 0.2) is 5.96 Å². The zero-order valence-corrected chi connectivity index (χ0v) is 19.9. The maximum atomic E-state index is 12.1. The maximum absolute atomic E-state index is 12.1. The SMILES string of the molecule is CCNC(=NCc1ccc(COCC(F)(F)F)cc1)NCC(O)c1ccc(C)cc1.I. The molecule has 0 bridgehead atoms. The molecule has 1 unspecified atom stereocenters. The van der Waals surface area contributed by atoms with E-state index in [1.807, 2.05) is 38.1 Å². The van der Waals surface area contributed by atoms with Gasteiger partial charge in [0.1, 0.15) is 6.61 Å². The highest BCUT2D eigenvalue weighted by Gasteiger charge is 2.27. The first-order valence-corrected chi connectivity index (χ1v) is 9.76. The van der Waals surface area contributed by atoms with Gasteiger partial charge in [-0.3, -0.25) is 0 Å². The Morgan fingerprint density at radius 3 is 2.23 bits per heavy atom. The van der Waals surface area contributed by atoms with E-state index in [2.05, 4.69) is 20.4 Å². The number of guanidine groups is 1. The minimum absolute atomic E-state index is 0. The highest BCUT2D eigenvalue weighted by atomic mass is 127. The lowest BCUT2D eigenvalue weighted by molar-refractivity contribution is -0.176. The Bertz CT molecular complexity index is 797. The van der Waals surface area contributed by atoms with Gasteiger partial charge < -0.3 is 20.5 Å². The number of aliphatic imine (C=N–C) groups is 1. The molecule has 5 nitrogen and oxygen atoms in total. The highest BCUT2D eigenvalue weighted by Crippen LogP contribution is 2.16. The number of nitrogens with one attached hydrogen (secondary N) is 2. The predicted octanol–water partition coefficient (Wildman–Crippen LogP) is 4.48. The molecule has 0 heterocycles. The molecule has 0 saturated heterocycles. The van der Waals surface area contributed by atoms with Crippen molar-refractivity contribution < 1.29 is 23.0 Å². The molecule has 0 aliphatic rings. The monoisotopic (exact) mass is 551 g/mol. The molecule has 0 spiro atoms. The number of aliphatic hydroxyl groups is 1. The zero-order valence-electron chi connectivity index (χ0n) is 17.6. The first kappa shape index (κ1) is 27.2. The Hall–Kier alpha value is -1.85. The first-order valence-electron chi connectivity index (χ1n) is 9.76. The summed E-state index contributed by atoms with van der Waals surface area (Å²) in [6.45, 7) is 3.96. The van der Waals surface area contributed by atoms with E-state index >= 15 is 0 Å². The number of nitrogens with zero attached hydrogens (tertiary/aromatic N) is 1. The summed E-state index contributed by atoms with van der Waals surface area (Å²) in [6.07, 6.45) is -4.98. The molecule has 3 N–H and O–H groups in total. The summed E-state index contributed by atoms with van der Waals surface area (Å²) in [7, 11) is 0. The van der Waals surface area contributed by atoms with Crippen molar-refractivity contribution in [2.24, 2.45) is 4.99 Å². The van der Waals surface area contributed by atoms with Crippen LogP contribution in [0.5, 0.6) is 0 Å². The molecular weight excluding hydrogens is 522 g/mol. The van der Waals surface area contributed by atoms with Crippen LogP contribution in [0.1, 0.15) is 35.3 Å². The first-order chi connectivity index (χ1) is 14.3. The van der Waals surface area contributed by atoms with E-state index in [-0.39, 0.29) is 30.6 Å². The minimum Gasteiger partial charge on any atom is -0.387 e. The number of alkyl halides is 3.